The molecule has 0 aromatic heterocycles. The van der Waals surface area contributed by atoms with E-state index < -0.39 is 0 Å². The van der Waals surface area contributed by atoms with E-state index in [1.807, 2.05) is 13.0 Å². The second-order valence-corrected chi connectivity index (χ2v) is 6.31. The van der Waals surface area contributed by atoms with Gasteiger partial charge < -0.3 is 14.4 Å². The first kappa shape index (κ1) is 19.0. The third kappa shape index (κ3) is 4.81. The number of carbonyl (C=O) groups is 3. The molecule has 0 spiro atoms. The molecule has 0 radical (unpaired) electrons. The molecule has 1 saturated heterocycles. The minimum Gasteiger partial charge on any atom is -0.496 e. The van der Waals surface area contributed by atoms with Crippen LogP contribution in [0.5, 0.6) is 5.75 Å². The second-order valence-electron chi connectivity index (χ2n) is 6.31. The number of aryl methyl sites for hydroxylation is 1. The summed E-state index contributed by atoms with van der Waals surface area (Å²) in [5, 5.41) is 0. The summed E-state index contributed by atoms with van der Waals surface area (Å²) >= 11 is 0. The fraction of sp³-hybridized carbons (Fsp3) is 0.526. The van der Waals surface area contributed by atoms with E-state index in [-0.39, 0.29) is 36.4 Å². The van der Waals surface area contributed by atoms with Crippen molar-refractivity contribution in [2.24, 2.45) is 5.92 Å². The zero-order valence-electron chi connectivity index (χ0n) is 15.0. The number of amides is 1. The second kappa shape index (κ2) is 8.65. The molecule has 6 heteroatoms. The molecule has 0 atom stereocenters. The quantitative estimate of drug-likeness (QED) is 0.583. The number of hydrogen-bond donors (Lipinski definition) is 0. The van der Waals surface area contributed by atoms with Gasteiger partial charge in [-0.1, -0.05) is 11.6 Å². The van der Waals surface area contributed by atoms with Crippen molar-refractivity contribution in [2.45, 2.75) is 32.6 Å². The number of carbonyl (C=O) groups excluding carboxylic acids is 3. The fourth-order valence-electron chi connectivity index (χ4n) is 3.08. The maximum atomic E-state index is 12.4. The summed E-state index contributed by atoms with van der Waals surface area (Å²) in [7, 11) is 2.91. The van der Waals surface area contributed by atoms with Crippen molar-refractivity contribution in [3.05, 3.63) is 29.3 Å². The Bertz CT molecular complexity index is 647. The van der Waals surface area contributed by atoms with E-state index in [1.165, 1.54) is 14.2 Å². The normalized spacial score (nSPS) is 14.9. The fourth-order valence-corrected chi connectivity index (χ4v) is 3.08. The highest BCUT2D eigenvalue weighted by molar-refractivity contribution is 6.00. The van der Waals surface area contributed by atoms with E-state index in [0.717, 1.165) is 5.56 Å². The molecule has 1 aliphatic rings. The number of ketones is 1. The van der Waals surface area contributed by atoms with Crippen LogP contribution in [-0.4, -0.2) is 49.9 Å². The van der Waals surface area contributed by atoms with Gasteiger partial charge in [-0.25, -0.2) is 0 Å². The molecule has 25 heavy (non-hydrogen) atoms. The molecular formula is C19H25NO5. The minimum absolute atomic E-state index is 0.0525. The Morgan fingerprint density at radius 3 is 2.40 bits per heavy atom. The molecule has 1 heterocycles. The Morgan fingerprint density at radius 1 is 1.12 bits per heavy atom. The topological polar surface area (TPSA) is 72.9 Å². The van der Waals surface area contributed by atoms with Crippen LogP contribution in [0.1, 0.15) is 41.6 Å². The Labute approximate surface area is 148 Å². The van der Waals surface area contributed by atoms with Gasteiger partial charge in [-0.2, -0.15) is 0 Å². The lowest BCUT2D eigenvalue weighted by molar-refractivity contribution is -0.148. The lowest BCUT2D eigenvalue weighted by Gasteiger charge is -2.30. The van der Waals surface area contributed by atoms with E-state index in [9.17, 15) is 14.4 Å². The lowest BCUT2D eigenvalue weighted by atomic mass is 9.96. The number of likely N-dealkylation sites (tertiary alicyclic amines) is 1. The number of piperidine rings is 1. The van der Waals surface area contributed by atoms with Crippen molar-refractivity contribution in [1.82, 2.24) is 4.90 Å². The molecule has 6 nitrogen and oxygen atoms in total. The number of rotatable bonds is 6. The van der Waals surface area contributed by atoms with Gasteiger partial charge in [0, 0.05) is 25.9 Å². The number of ether oxygens (including phenoxy) is 2. The Kier molecular flexibility index (Phi) is 6.56. The van der Waals surface area contributed by atoms with Crippen molar-refractivity contribution in [3.8, 4) is 5.75 Å². The van der Waals surface area contributed by atoms with Gasteiger partial charge in [-0.15, -0.1) is 0 Å². The van der Waals surface area contributed by atoms with Crippen LogP contribution < -0.4 is 4.74 Å². The predicted octanol–water partition coefficient (Wildman–Crippen LogP) is 2.38. The van der Waals surface area contributed by atoms with Gasteiger partial charge in [0.2, 0.25) is 5.91 Å². The molecule has 1 fully saturated rings. The molecule has 0 bridgehead atoms. The number of methoxy groups -OCH3 is 2. The highest BCUT2D eigenvalue weighted by atomic mass is 16.5. The number of benzene rings is 1. The van der Waals surface area contributed by atoms with Crippen LogP contribution >= 0.6 is 0 Å². The average Bonchev–Trinajstić information content (AvgIpc) is 2.65. The predicted molar refractivity (Wildman–Crippen MR) is 92.6 cm³/mol. The van der Waals surface area contributed by atoms with E-state index >= 15 is 0 Å². The molecule has 0 aliphatic carbocycles. The van der Waals surface area contributed by atoms with Gasteiger partial charge in [0.15, 0.2) is 5.78 Å². The first-order chi connectivity index (χ1) is 12.0. The molecule has 0 N–H and O–H groups in total. The smallest absolute Gasteiger partial charge is 0.308 e. The zero-order valence-corrected chi connectivity index (χ0v) is 15.0. The van der Waals surface area contributed by atoms with Gasteiger partial charge in [-0.3, -0.25) is 14.4 Å². The third-order valence-corrected chi connectivity index (χ3v) is 4.60. The number of esters is 1. The van der Waals surface area contributed by atoms with Gasteiger partial charge in [0.05, 0.1) is 25.7 Å². The van der Waals surface area contributed by atoms with Gasteiger partial charge in [-0.05, 0) is 31.9 Å². The van der Waals surface area contributed by atoms with E-state index in [0.29, 0.717) is 37.2 Å². The standard InChI is InChI=1S/C19H25NO5/c1-13-4-6-17(24-2)15(12-13)16(21)5-7-18(22)20-10-8-14(9-11-20)19(23)25-3/h4,6,12,14H,5,7-11H2,1-3H3. The van der Waals surface area contributed by atoms with Crippen LogP contribution in [0.4, 0.5) is 0 Å². The van der Waals surface area contributed by atoms with Crippen LogP contribution in [0.15, 0.2) is 18.2 Å². The van der Waals surface area contributed by atoms with Gasteiger partial charge in [0.1, 0.15) is 5.75 Å². The van der Waals surface area contributed by atoms with Crippen molar-refractivity contribution in [3.63, 3.8) is 0 Å². The summed E-state index contributed by atoms with van der Waals surface area (Å²) in [6.07, 6.45) is 1.53. The Morgan fingerprint density at radius 2 is 1.80 bits per heavy atom. The molecule has 0 saturated carbocycles. The lowest BCUT2D eigenvalue weighted by Crippen LogP contribution is -2.40. The highest BCUT2D eigenvalue weighted by Crippen LogP contribution is 2.23. The maximum Gasteiger partial charge on any atom is 0.308 e. The summed E-state index contributed by atoms with van der Waals surface area (Å²) in [6, 6.07) is 5.43. The summed E-state index contributed by atoms with van der Waals surface area (Å²) in [5.41, 5.74) is 1.49. The summed E-state index contributed by atoms with van der Waals surface area (Å²) in [6.45, 7) is 2.97. The SMILES string of the molecule is COC(=O)C1CCN(C(=O)CCC(=O)c2cc(C)ccc2OC)CC1. The largest absolute Gasteiger partial charge is 0.496 e. The molecule has 0 unspecified atom stereocenters. The number of nitrogens with zero attached hydrogens (tertiary/aromatic N) is 1. The molecule has 1 amide bonds. The van der Waals surface area contributed by atoms with Crippen molar-refractivity contribution < 1.29 is 23.9 Å². The van der Waals surface area contributed by atoms with Crippen molar-refractivity contribution in [1.29, 1.82) is 0 Å². The van der Waals surface area contributed by atoms with Crippen LogP contribution in [0, 0.1) is 12.8 Å². The van der Waals surface area contributed by atoms with E-state index in [2.05, 4.69) is 0 Å². The van der Waals surface area contributed by atoms with Crippen LogP contribution in [0.2, 0.25) is 0 Å². The monoisotopic (exact) mass is 347 g/mol. The number of Topliss-reactive ketones (excluding diaryl/α,β-unsaturated/α-hetero) is 1. The highest BCUT2D eigenvalue weighted by Gasteiger charge is 2.28. The molecule has 2 rings (SSSR count). The zero-order chi connectivity index (χ0) is 18.4. The molecular weight excluding hydrogens is 322 g/mol. The van der Waals surface area contributed by atoms with E-state index in [1.54, 1.807) is 17.0 Å². The van der Waals surface area contributed by atoms with E-state index in [4.69, 9.17) is 9.47 Å². The minimum atomic E-state index is -0.214. The first-order valence-corrected chi connectivity index (χ1v) is 8.49. The molecule has 1 aromatic carbocycles. The number of hydrogen-bond acceptors (Lipinski definition) is 5. The summed E-state index contributed by atoms with van der Waals surface area (Å²) in [5.74, 6) is 0.0321. The molecule has 136 valence electrons. The van der Waals surface area contributed by atoms with Crippen LogP contribution in [0.3, 0.4) is 0 Å². The maximum absolute atomic E-state index is 12.4. The van der Waals surface area contributed by atoms with Crippen LogP contribution in [-0.2, 0) is 14.3 Å². The Balaban J connectivity index is 1.87. The first-order valence-electron chi connectivity index (χ1n) is 8.49. The summed E-state index contributed by atoms with van der Waals surface area (Å²) in [4.78, 5) is 38.0. The van der Waals surface area contributed by atoms with Gasteiger partial charge >= 0.3 is 5.97 Å². The average molecular weight is 347 g/mol. The summed E-state index contributed by atoms with van der Waals surface area (Å²) < 4.78 is 9.98. The van der Waals surface area contributed by atoms with Crippen molar-refractivity contribution >= 4 is 17.7 Å². The van der Waals surface area contributed by atoms with Crippen molar-refractivity contribution in [2.75, 3.05) is 27.3 Å². The molecule has 1 aromatic rings. The Hall–Kier alpha value is -2.37. The molecule has 1 aliphatic heterocycles. The van der Waals surface area contributed by atoms with Gasteiger partial charge in [0.25, 0.3) is 0 Å². The van der Waals surface area contributed by atoms with Crippen LogP contribution in [0.25, 0.3) is 0 Å². The third-order valence-electron chi connectivity index (χ3n) is 4.60.